The fraction of sp³-hybridized carbons (Fsp3) is 0.118. The van der Waals surface area contributed by atoms with Gasteiger partial charge in [0.25, 0.3) is 5.89 Å². The maximum absolute atomic E-state index is 12.5. The summed E-state index contributed by atoms with van der Waals surface area (Å²) in [5.41, 5.74) is 8.15. The van der Waals surface area contributed by atoms with Gasteiger partial charge in [-0.15, -0.1) is 10.2 Å². The number of halogens is 3. The van der Waals surface area contributed by atoms with Crippen LogP contribution < -0.4 is 11.6 Å². The summed E-state index contributed by atoms with van der Waals surface area (Å²) in [5, 5.41) is 8.73. The predicted octanol–water partition coefficient (Wildman–Crippen LogP) is 3.36. The quantitative estimate of drug-likeness (QED) is 0.489. The molecule has 0 radical (unpaired) electrons. The summed E-state index contributed by atoms with van der Waals surface area (Å²) in [6.45, 7) is 0.261. The molecule has 1 aromatic carbocycles. The summed E-state index contributed by atoms with van der Waals surface area (Å²) in [5.74, 6) is 5.18. The molecule has 0 saturated carbocycles. The van der Waals surface area contributed by atoms with Gasteiger partial charge in [-0.1, -0.05) is 29.8 Å². The van der Waals surface area contributed by atoms with E-state index < -0.39 is 12.3 Å². The van der Waals surface area contributed by atoms with E-state index in [1.54, 1.807) is 36.5 Å². The number of alkyl halides is 2. The summed E-state index contributed by atoms with van der Waals surface area (Å²) < 4.78 is 29.9. The number of pyridine rings is 1. The Hall–Kier alpha value is -3.04. The molecule has 140 valence electrons. The van der Waals surface area contributed by atoms with Crippen LogP contribution in [0.3, 0.4) is 0 Å². The van der Waals surface area contributed by atoms with E-state index in [9.17, 15) is 8.78 Å². The van der Waals surface area contributed by atoms with Crippen LogP contribution in [0.2, 0.25) is 5.02 Å². The smallest absolute Gasteiger partial charge is 0.314 e. The first-order valence-electron chi connectivity index (χ1n) is 7.74. The van der Waals surface area contributed by atoms with E-state index in [1.165, 1.54) is 11.2 Å². The average molecular weight is 393 g/mol. The van der Waals surface area contributed by atoms with Gasteiger partial charge in [-0.3, -0.25) is 4.98 Å². The van der Waals surface area contributed by atoms with Crippen LogP contribution in [-0.4, -0.2) is 20.2 Å². The first-order valence-corrected chi connectivity index (χ1v) is 8.12. The van der Waals surface area contributed by atoms with Crippen LogP contribution in [0, 0.1) is 0 Å². The van der Waals surface area contributed by atoms with Gasteiger partial charge in [0.1, 0.15) is 0 Å². The number of hydrogen-bond donors (Lipinski definition) is 2. The molecule has 10 heteroatoms. The van der Waals surface area contributed by atoms with Gasteiger partial charge in [-0.25, -0.2) is 5.84 Å². The first-order chi connectivity index (χ1) is 12.9. The van der Waals surface area contributed by atoms with Crippen LogP contribution >= 0.6 is 11.6 Å². The van der Waals surface area contributed by atoms with E-state index in [0.29, 0.717) is 27.5 Å². The van der Waals surface area contributed by atoms with E-state index in [-0.39, 0.29) is 12.4 Å². The third-order valence-electron chi connectivity index (χ3n) is 3.53. The lowest BCUT2D eigenvalue weighted by molar-refractivity contribution is 0.116. The van der Waals surface area contributed by atoms with Gasteiger partial charge < -0.3 is 15.2 Å². The largest absolute Gasteiger partial charge is 0.415 e. The van der Waals surface area contributed by atoms with Gasteiger partial charge in [-0.05, 0) is 18.2 Å². The highest BCUT2D eigenvalue weighted by Crippen LogP contribution is 2.23. The average Bonchev–Trinajstić information content (AvgIpc) is 3.13. The molecule has 0 atom stereocenters. The molecular formula is C17H15ClF2N6O. The predicted molar refractivity (Wildman–Crippen MR) is 95.8 cm³/mol. The van der Waals surface area contributed by atoms with Crippen LogP contribution in [0.4, 0.5) is 8.78 Å². The van der Waals surface area contributed by atoms with Gasteiger partial charge in [0.05, 0.1) is 23.5 Å². The number of hydrogen-bond acceptors (Lipinski definition) is 7. The third-order valence-corrected chi connectivity index (χ3v) is 3.86. The molecular weight excluding hydrogens is 378 g/mol. The van der Waals surface area contributed by atoms with E-state index >= 15 is 0 Å². The van der Waals surface area contributed by atoms with Crippen molar-refractivity contribution < 1.29 is 13.2 Å². The van der Waals surface area contributed by atoms with Crippen LogP contribution in [0.5, 0.6) is 0 Å². The summed E-state index contributed by atoms with van der Waals surface area (Å²) in [6.07, 6.45) is 0.163. The minimum absolute atomic E-state index is 0.0307. The molecule has 0 saturated heterocycles. The Balaban J connectivity index is 1.68. The number of nitrogens with zero attached hydrogens (tertiary/aromatic N) is 4. The van der Waals surface area contributed by atoms with E-state index in [0.717, 1.165) is 0 Å². The van der Waals surface area contributed by atoms with Crippen molar-refractivity contribution >= 4 is 17.3 Å². The lowest BCUT2D eigenvalue weighted by Crippen LogP contribution is -2.26. The van der Waals surface area contributed by atoms with Gasteiger partial charge in [-0.2, -0.15) is 8.78 Å². The highest BCUT2D eigenvalue weighted by Gasteiger charge is 2.17. The molecule has 2 heterocycles. The van der Waals surface area contributed by atoms with Crippen molar-refractivity contribution in [3.8, 4) is 11.5 Å². The highest BCUT2D eigenvalue weighted by atomic mass is 35.5. The molecule has 0 aliphatic rings. The van der Waals surface area contributed by atoms with Gasteiger partial charge >= 0.3 is 6.43 Å². The van der Waals surface area contributed by atoms with Crippen molar-refractivity contribution in [1.82, 2.24) is 20.2 Å². The Morgan fingerprint density at radius 2 is 2.00 bits per heavy atom. The lowest BCUT2D eigenvalue weighted by atomic mass is 10.2. The van der Waals surface area contributed by atoms with E-state index in [4.69, 9.17) is 27.6 Å². The van der Waals surface area contributed by atoms with Crippen LogP contribution in [-0.2, 0) is 6.54 Å². The molecule has 0 unspecified atom stereocenters. The molecule has 0 aliphatic carbocycles. The fourth-order valence-electron chi connectivity index (χ4n) is 2.26. The molecule has 2 aromatic heterocycles. The second-order valence-electron chi connectivity index (χ2n) is 5.52. The molecule has 0 aliphatic heterocycles. The maximum Gasteiger partial charge on any atom is 0.314 e. The second-order valence-corrected chi connectivity index (χ2v) is 5.93. The zero-order valence-electron chi connectivity index (χ0n) is 13.9. The second kappa shape index (κ2) is 8.11. The Labute approximate surface area is 158 Å². The van der Waals surface area contributed by atoms with Crippen LogP contribution in [0.25, 0.3) is 17.2 Å². The van der Waals surface area contributed by atoms with Crippen molar-refractivity contribution in [2.75, 3.05) is 0 Å². The molecule has 3 rings (SSSR count). The summed E-state index contributed by atoms with van der Waals surface area (Å²) in [6, 6.07) is 10.4. The monoisotopic (exact) mass is 392 g/mol. The summed E-state index contributed by atoms with van der Waals surface area (Å²) in [7, 11) is 0. The maximum atomic E-state index is 12.5. The van der Waals surface area contributed by atoms with Crippen LogP contribution in [0.15, 0.2) is 53.2 Å². The summed E-state index contributed by atoms with van der Waals surface area (Å²) >= 11 is 6.10. The summed E-state index contributed by atoms with van der Waals surface area (Å²) in [4.78, 5) is 4.21. The van der Waals surface area contributed by atoms with Gasteiger partial charge in [0.15, 0.2) is 0 Å². The molecule has 0 fully saturated rings. The number of hydrazine groups is 1. The number of aromatic nitrogens is 3. The standard InChI is InChI=1S/C17H15ClF2N6O/c18-13-4-2-1-3-12(13)14(21)9-26(22)8-11-6-5-10(7-23-11)16-24-25-17(27-16)15(19)20/h1-7,9,15H,8,21-22H2/b14-9-. The molecule has 7 nitrogen and oxygen atoms in total. The van der Waals surface area contributed by atoms with E-state index in [2.05, 4.69) is 15.2 Å². The number of rotatable bonds is 6. The Bertz CT molecular complexity index is 945. The van der Waals surface area contributed by atoms with Crippen molar-refractivity contribution in [3.05, 3.63) is 71.0 Å². The molecule has 0 spiro atoms. The van der Waals surface area contributed by atoms with Gasteiger partial charge in [0, 0.05) is 23.0 Å². The fourth-order valence-corrected chi connectivity index (χ4v) is 2.51. The molecule has 4 N–H and O–H groups in total. The lowest BCUT2D eigenvalue weighted by Gasteiger charge is -2.15. The first kappa shape index (κ1) is 18.7. The third kappa shape index (κ3) is 4.57. The van der Waals surface area contributed by atoms with E-state index in [1.807, 2.05) is 6.07 Å². The molecule has 3 aromatic rings. The molecule has 27 heavy (non-hydrogen) atoms. The minimum atomic E-state index is -2.82. The zero-order chi connectivity index (χ0) is 19.4. The normalized spacial score (nSPS) is 11.8. The topological polar surface area (TPSA) is 107 Å². The minimum Gasteiger partial charge on any atom is -0.415 e. The van der Waals surface area contributed by atoms with Crippen molar-refractivity contribution in [2.24, 2.45) is 11.6 Å². The van der Waals surface area contributed by atoms with Crippen molar-refractivity contribution in [2.45, 2.75) is 13.0 Å². The Morgan fingerprint density at radius 1 is 1.22 bits per heavy atom. The van der Waals surface area contributed by atoms with Crippen LogP contribution in [0.1, 0.15) is 23.6 Å². The highest BCUT2D eigenvalue weighted by molar-refractivity contribution is 6.32. The van der Waals surface area contributed by atoms with Crippen molar-refractivity contribution in [1.29, 1.82) is 0 Å². The number of benzene rings is 1. The van der Waals surface area contributed by atoms with Gasteiger partial charge in [0.2, 0.25) is 5.89 Å². The van der Waals surface area contributed by atoms with Crippen molar-refractivity contribution in [3.63, 3.8) is 0 Å². The number of nitrogens with two attached hydrogens (primary N) is 2. The zero-order valence-corrected chi connectivity index (χ0v) is 14.6. The Kier molecular flexibility index (Phi) is 5.63. The Morgan fingerprint density at radius 3 is 2.63 bits per heavy atom. The SMILES string of the molecule is N/C(=C\N(N)Cc1ccc(-c2nnc(C(F)F)o2)cn1)c1ccccc1Cl. The molecule has 0 bridgehead atoms. The molecule has 0 amide bonds.